The lowest BCUT2D eigenvalue weighted by Crippen LogP contribution is -2.40. The summed E-state index contributed by atoms with van der Waals surface area (Å²) >= 11 is 0. The second-order valence-electron chi connectivity index (χ2n) is 8.10. The number of aromatic amines is 1. The summed E-state index contributed by atoms with van der Waals surface area (Å²) in [4.78, 5) is 32.6. The molecule has 0 aliphatic carbocycles. The van der Waals surface area contributed by atoms with Crippen molar-refractivity contribution in [1.29, 1.82) is 0 Å². The van der Waals surface area contributed by atoms with Crippen molar-refractivity contribution in [2.75, 3.05) is 26.7 Å². The molecule has 4 rings (SSSR count). The lowest BCUT2D eigenvalue weighted by atomic mass is 10.0. The number of amides is 2. The van der Waals surface area contributed by atoms with Crippen LogP contribution in [0.15, 0.2) is 18.2 Å². The van der Waals surface area contributed by atoms with Crippen molar-refractivity contribution in [2.45, 2.75) is 33.2 Å². The number of benzene rings is 1. The number of hydrogen-bond donors (Lipinski definition) is 1. The molecule has 1 aromatic heterocycles. The molecular weight excluding hydrogens is 342 g/mol. The largest absolute Gasteiger partial charge is 0.497 e. The highest BCUT2D eigenvalue weighted by molar-refractivity contribution is 5.91. The van der Waals surface area contributed by atoms with E-state index in [1.807, 2.05) is 28.0 Å². The molecule has 0 spiro atoms. The monoisotopic (exact) mass is 369 g/mol. The van der Waals surface area contributed by atoms with Crippen LogP contribution in [0.25, 0.3) is 10.9 Å². The van der Waals surface area contributed by atoms with Gasteiger partial charge < -0.3 is 19.5 Å². The van der Waals surface area contributed by atoms with Crippen molar-refractivity contribution < 1.29 is 14.3 Å². The number of hydrogen-bond acceptors (Lipinski definition) is 3. The van der Waals surface area contributed by atoms with E-state index < -0.39 is 0 Å². The van der Waals surface area contributed by atoms with Crippen LogP contribution in [0.5, 0.6) is 5.75 Å². The van der Waals surface area contributed by atoms with Crippen molar-refractivity contribution in [3.8, 4) is 5.75 Å². The van der Waals surface area contributed by atoms with Gasteiger partial charge in [0.15, 0.2) is 0 Å². The van der Waals surface area contributed by atoms with E-state index in [4.69, 9.17) is 4.74 Å². The number of H-pyrrole nitrogens is 1. The molecule has 6 nitrogen and oxygen atoms in total. The van der Waals surface area contributed by atoms with Crippen LogP contribution < -0.4 is 4.74 Å². The van der Waals surface area contributed by atoms with Crippen LogP contribution in [0.2, 0.25) is 0 Å². The minimum atomic E-state index is -0.211. The molecular formula is C21H27N3O3. The fraction of sp³-hybridized carbons (Fsp3) is 0.524. The highest BCUT2D eigenvalue weighted by Gasteiger charge is 2.37. The minimum Gasteiger partial charge on any atom is -0.497 e. The summed E-state index contributed by atoms with van der Waals surface area (Å²) in [5, 5.41) is 1.12. The summed E-state index contributed by atoms with van der Waals surface area (Å²) in [5.41, 5.74) is 3.45. The highest BCUT2D eigenvalue weighted by atomic mass is 16.5. The molecule has 2 amide bonds. The van der Waals surface area contributed by atoms with Gasteiger partial charge >= 0.3 is 0 Å². The standard InChI is InChI=1S/C21H27N3O3/c1-13(2)10-24-11-14(8-20(24)25)21(26)23-7-6-19-17(12-23)16-9-15(27-3)4-5-18(16)22-19/h4-5,9,13-14,22H,6-8,10-12H2,1-3H3/t14-/m1/s1. The fourth-order valence-corrected chi connectivity index (χ4v) is 4.32. The van der Waals surface area contributed by atoms with E-state index in [2.05, 4.69) is 18.8 Å². The van der Waals surface area contributed by atoms with E-state index in [1.54, 1.807) is 7.11 Å². The van der Waals surface area contributed by atoms with Gasteiger partial charge in [-0.05, 0) is 24.1 Å². The number of nitrogens with zero attached hydrogens (tertiary/aromatic N) is 2. The second-order valence-corrected chi connectivity index (χ2v) is 8.10. The molecule has 1 N–H and O–H groups in total. The zero-order valence-electron chi connectivity index (χ0n) is 16.2. The molecule has 27 heavy (non-hydrogen) atoms. The maximum absolute atomic E-state index is 13.1. The fourth-order valence-electron chi connectivity index (χ4n) is 4.32. The van der Waals surface area contributed by atoms with Crippen LogP contribution >= 0.6 is 0 Å². The van der Waals surface area contributed by atoms with Crippen LogP contribution in [0, 0.1) is 11.8 Å². The molecule has 2 aliphatic rings. The van der Waals surface area contributed by atoms with Crippen LogP contribution in [0.1, 0.15) is 31.5 Å². The molecule has 0 unspecified atom stereocenters. The molecule has 2 aromatic rings. The number of carbonyl (C=O) groups excluding carboxylic acids is 2. The molecule has 1 aromatic carbocycles. The third-order valence-corrected chi connectivity index (χ3v) is 5.64. The highest BCUT2D eigenvalue weighted by Crippen LogP contribution is 2.32. The summed E-state index contributed by atoms with van der Waals surface area (Å²) in [7, 11) is 1.66. The maximum atomic E-state index is 13.1. The lowest BCUT2D eigenvalue weighted by Gasteiger charge is -2.29. The Morgan fingerprint density at radius 1 is 1.37 bits per heavy atom. The van der Waals surface area contributed by atoms with E-state index in [0.717, 1.165) is 29.6 Å². The van der Waals surface area contributed by atoms with E-state index in [9.17, 15) is 9.59 Å². The quantitative estimate of drug-likeness (QED) is 0.901. The van der Waals surface area contributed by atoms with Gasteiger partial charge in [-0.3, -0.25) is 9.59 Å². The van der Waals surface area contributed by atoms with Crippen LogP contribution in [-0.2, 0) is 22.6 Å². The van der Waals surface area contributed by atoms with Crippen molar-refractivity contribution in [3.63, 3.8) is 0 Å². The van der Waals surface area contributed by atoms with Crippen molar-refractivity contribution in [2.24, 2.45) is 11.8 Å². The molecule has 2 aliphatic heterocycles. The van der Waals surface area contributed by atoms with E-state index in [-0.39, 0.29) is 17.7 Å². The molecule has 144 valence electrons. The summed E-state index contributed by atoms with van der Waals surface area (Å²) in [6.45, 7) is 6.77. The number of fused-ring (bicyclic) bond motifs is 3. The Morgan fingerprint density at radius 3 is 2.93 bits per heavy atom. The average molecular weight is 369 g/mol. The van der Waals surface area contributed by atoms with Gasteiger partial charge in [0.1, 0.15) is 5.75 Å². The third kappa shape index (κ3) is 3.29. The summed E-state index contributed by atoms with van der Waals surface area (Å²) in [6.07, 6.45) is 1.16. The first-order chi connectivity index (χ1) is 13.0. The van der Waals surface area contributed by atoms with Gasteiger partial charge in [0.2, 0.25) is 11.8 Å². The number of aromatic nitrogens is 1. The number of carbonyl (C=O) groups is 2. The van der Waals surface area contributed by atoms with Gasteiger partial charge in [0.05, 0.1) is 13.0 Å². The number of methoxy groups -OCH3 is 1. The van der Waals surface area contributed by atoms with E-state index in [0.29, 0.717) is 32.0 Å². The molecule has 0 bridgehead atoms. The predicted octanol–water partition coefficient (Wildman–Crippen LogP) is 2.57. The van der Waals surface area contributed by atoms with Gasteiger partial charge in [-0.1, -0.05) is 13.8 Å². The van der Waals surface area contributed by atoms with Gasteiger partial charge in [0.25, 0.3) is 0 Å². The zero-order chi connectivity index (χ0) is 19.1. The van der Waals surface area contributed by atoms with Gasteiger partial charge in [-0.2, -0.15) is 0 Å². The average Bonchev–Trinajstić information content (AvgIpc) is 3.20. The van der Waals surface area contributed by atoms with Crippen LogP contribution in [0.3, 0.4) is 0 Å². The maximum Gasteiger partial charge on any atom is 0.228 e. The predicted molar refractivity (Wildman–Crippen MR) is 103 cm³/mol. The van der Waals surface area contributed by atoms with Gasteiger partial charge in [0, 0.05) is 61.2 Å². The zero-order valence-corrected chi connectivity index (χ0v) is 16.2. The second kappa shape index (κ2) is 6.91. The molecule has 1 saturated heterocycles. The summed E-state index contributed by atoms with van der Waals surface area (Å²) in [5.74, 6) is 1.24. The third-order valence-electron chi connectivity index (χ3n) is 5.64. The Labute approximate surface area is 159 Å². The first-order valence-corrected chi connectivity index (χ1v) is 9.70. The van der Waals surface area contributed by atoms with Gasteiger partial charge in [-0.25, -0.2) is 0 Å². The Hall–Kier alpha value is -2.50. The Bertz CT molecular complexity index is 886. The molecule has 1 atom stereocenters. The van der Waals surface area contributed by atoms with Gasteiger partial charge in [-0.15, -0.1) is 0 Å². The smallest absolute Gasteiger partial charge is 0.228 e. The Morgan fingerprint density at radius 2 is 2.19 bits per heavy atom. The molecule has 0 radical (unpaired) electrons. The van der Waals surface area contributed by atoms with E-state index >= 15 is 0 Å². The van der Waals surface area contributed by atoms with Crippen molar-refractivity contribution >= 4 is 22.7 Å². The summed E-state index contributed by atoms with van der Waals surface area (Å²) < 4.78 is 5.36. The number of nitrogens with one attached hydrogen (secondary N) is 1. The van der Waals surface area contributed by atoms with Crippen molar-refractivity contribution in [3.05, 3.63) is 29.5 Å². The topological polar surface area (TPSA) is 65.6 Å². The Kier molecular flexibility index (Phi) is 4.58. The van der Waals surface area contributed by atoms with E-state index in [1.165, 1.54) is 11.3 Å². The van der Waals surface area contributed by atoms with Crippen LogP contribution in [0.4, 0.5) is 0 Å². The van der Waals surface area contributed by atoms with Crippen molar-refractivity contribution in [1.82, 2.24) is 14.8 Å². The number of ether oxygens (including phenoxy) is 1. The lowest BCUT2D eigenvalue weighted by molar-refractivity contribution is -0.136. The number of rotatable bonds is 4. The molecule has 0 saturated carbocycles. The Balaban J connectivity index is 1.52. The summed E-state index contributed by atoms with van der Waals surface area (Å²) in [6, 6.07) is 6.00. The van der Waals surface area contributed by atoms with Crippen LogP contribution in [-0.4, -0.2) is 53.3 Å². The first kappa shape index (κ1) is 17.9. The normalized spacial score (nSPS) is 19.9. The molecule has 1 fully saturated rings. The first-order valence-electron chi connectivity index (χ1n) is 9.70. The molecule has 6 heteroatoms. The molecule has 3 heterocycles. The SMILES string of the molecule is COc1ccc2[nH]c3c(c2c1)CN(C(=O)[C@@H]1CC(=O)N(CC(C)C)C1)CC3. The minimum absolute atomic E-state index is 0.108. The number of likely N-dealkylation sites (tertiary alicyclic amines) is 1.